The minimum atomic E-state index is 0.914. The van der Waals surface area contributed by atoms with E-state index in [1.54, 1.807) is 7.11 Å². The van der Waals surface area contributed by atoms with Crippen LogP contribution in [0, 0.1) is 0 Å². The van der Waals surface area contributed by atoms with E-state index in [0.717, 1.165) is 30.7 Å². The fraction of sp³-hybridized carbons (Fsp3) is 0.385. The van der Waals surface area contributed by atoms with Crippen molar-refractivity contribution in [3.8, 4) is 5.75 Å². The maximum absolute atomic E-state index is 5.32. The number of rotatable bonds is 5. The van der Waals surface area contributed by atoms with Crippen molar-refractivity contribution in [3.63, 3.8) is 0 Å². The van der Waals surface area contributed by atoms with Crippen molar-refractivity contribution in [1.82, 2.24) is 10.3 Å². The third-order valence-electron chi connectivity index (χ3n) is 2.77. The molecular formula is C13H18N2O. The van der Waals surface area contributed by atoms with Gasteiger partial charge in [0.1, 0.15) is 5.75 Å². The van der Waals surface area contributed by atoms with Crippen LogP contribution in [-0.4, -0.2) is 25.7 Å². The third kappa shape index (κ3) is 2.19. The minimum absolute atomic E-state index is 0.914. The Hall–Kier alpha value is -1.48. The Bertz CT molecular complexity index is 462. The summed E-state index contributed by atoms with van der Waals surface area (Å²) in [7, 11) is 3.69. The highest BCUT2D eigenvalue weighted by Gasteiger charge is 2.04. The molecule has 0 aliphatic rings. The molecule has 2 N–H and O–H groups in total. The molecule has 0 saturated carbocycles. The molecule has 0 aliphatic heterocycles. The average molecular weight is 218 g/mol. The lowest BCUT2D eigenvalue weighted by Crippen LogP contribution is -2.08. The van der Waals surface area contributed by atoms with Crippen molar-refractivity contribution in [3.05, 3.63) is 30.0 Å². The number of aromatic nitrogens is 1. The molecule has 0 atom stereocenters. The van der Waals surface area contributed by atoms with Gasteiger partial charge in [0.05, 0.1) is 12.6 Å². The molecule has 0 aliphatic carbocycles. The minimum Gasteiger partial charge on any atom is -0.495 e. The van der Waals surface area contributed by atoms with Gasteiger partial charge in [-0.1, -0.05) is 12.1 Å². The predicted molar refractivity (Wildman–Crippen MR) is 67.1 cm³/mol. The fourth-order valence-corrected chi connectivity index (χ4v) is 1.95. The standard InChI is InChI=1S/C13H18N2O/c1-14-8-4-6-11-9-10-5-3-7-12(16-2)13(10)15-11/h3,5,7,9,14-15H,4,6,8H2,1-2H3. The Labute approximate surface area is 95.8 Å². The van der Waals surface area contributed by atoms with Crippen LogP contribution in [0.15, 0.2) is 24.3 Å². The second kappa shape index (κ2) is 5.03. The second-order valence-electron chi connectivity index (χ2n) is 3.93. The van der Waals surface area contributed by atoms with E-state index < -0.39 is 0 Å². The number of para-hydroxylation sites is 1. The summed E-state index contributed by atoms with van der Waals surface area (Å²) in [5.74, 6) is 0.914. The van der Waals surface area contributed by atoms with Gasteiger partial charge in [-0.2, -0.15) is 0 Å². The zero-order chi connectivity index (χ0) is 11.4. The molecule has 0 amide bonds. The molecule has 1 aromatic heterocycles. The van der Waals surface area contributed by atoms with Gasteiger partial charge in [-0.15, -0.1) is 0 Å². The monoisotopic (exact) mass is 218 g/mol. The molecule has 3 heteroatoms. The van der Waals surface area contributed by atoms with E-state index in [1.165, 1.54) is 11.1 Å². The summed E-state index contributed by atoms with van der Waals surface area (Å²) in [6.07, 6.45) is 2.21. The molecule has 2 rings (SSSR count). The lowest BCUT2D eigenvalue weighted by atomic mass is 10.2. The SMILES string of the molecule is CNCCCc1cc2cccc(OC)c2[nH]1. The van der Waals surface area contributed by atoms with Crippen LogP contribution in [0.5, 0.6) is 5.75 Å². The number of benzene rings is 1. The number of nitrogens with one attached hydrogen (secondary N) is 2. The van der Waals surface area contributed by atoms with E-state index in [-0.39, 0.29) is 0 Å². The summed E-state index contributed by atoms with van der Waals surface area (Å²) < 4.78 is 5.32. The van der Waals surface area contributed by atoms with Gasteiger partial charge in [-0.05, 0) is 38.6 Å². The molecule has 0 saturated heterocycles. The topological polar surface area (TPSA) is 37.0 Å². The molecule has 1 heterocycles. The highest BCUT2D eigenvalue weighted by Crippen LogP contribution is 2.25. The Morgan fingerprint density at radius 1 is 1.38 bits per heavy atom. The van der Waals surface area contributed by atoms with Crippen LogP contribution < -0.4 is 10.1 Å². The van der Waals surface area contributed by atoms with Gasteiger partial charge in [0.25, 0.3) is 0 Å². The number of hydrogen-bond donors (Lipinski definition) is 2. The first-order chi connectivity index (χ1) is 7.85. The number of aromatic amines is 1. The normalized spacial score (nSPS) is 10.9. The summed E-state index contributed by atoms with van der Waals surface area (Å²) >= 11 is 0. The smallest absolute Gasteiger partial charge is 0.142 e. The van der Waals surface area contributed by atoms with Crippen molar-refractivity contribution in [1.29, 1.82) is 0 Å². The summed E-state index contributed by atoms with van der Waals surface area (Å²) in [6, 6.07) is 8.31. The van der Waals surface area contributed by atoms with Gasteiger partial charge < -0.3 is 15.0 Å². The van der Waals surface area contributed by atoms with E-state index in [4.69, 9.17) is 4.74 Å². The molecule has 0 unspecified atom stereocenters. The Balaban J connectivity index is 2.22. The quantitative estimate of drug-likeness (QED) is 0.756. The number of H-pyrrole nitrogens is 1. The Morgan fingerprint density at radius 3 is 3.00 bits per heavy atom. The third-order valence-corrected chi connectivity index (χ3v) is 2.77. The van der Waals surface area contributed by atoms with Gasteiger partial charge in [0, 0.05) is 11.1 Å². The molecular weight excluding hydrogens is 200 g/mol. The molecule has 3 nitrogen and oxygen atoms in total. The molecule has 0 bridgehead atoms. The highest BCUT2D eigenvalue weighted by molar-refractivity contribution is 5.86. The van der Waals surface area contributed by atoms with E-state index in [0.29, 0.717) is 0 Å². The van der Waals surface area contributed by atoms with Crippen LogP contribution in [0.4, 0.5) is 0 Å². The molecule has 0 fully saturated rings. The van der Waals surface area contributed by atoms with E-state index in [9.17, 15) is 0 Å². The lowest BCUT2D eigenvalue weighted by molar-refractivity contribution is 0.419. The zero-order valence-corrected chi connectivity index (χ0v) is 9.84. The van der Waals surface area contributed by atoms with E-state index in [2.05, 4.69) is 22.4 Å². The number of ether oxygens (including phenoxy) is 1. The van der Waals surface area contributed by atoms with Gasteiger partial charge in [0.15, 0.2) is 0 Å². The van der Waals surface area contributed by atoms with Crippen LogP contribution in [0.25, 0.3) is 10.9 Å². The summed E-state index contributed by atoms with van der Waals surface area (Å²) in [5.41, 5.74) is 2.37. The fourth-order valence-electron chi connectivity index (χ4n) is 1.95. The van der Waals surface area contributed by atoms with Crippen molar-refractivity contribution in [2.45, 2.75) is 12.8 Å². The molecule has 1 aromatic carbocycles. The Morgan fingerprint density at radius 2 is 2.25 bits per heavy atom. The van der Waals surface area contributed by atoms with Crippen LogP contribution in [0.1, 0.15) is 12.1 Å². The second-order valence-corrected chi connectivity index (χ2v) is 3.93. The summed E-state index contributed by atoms with van der Waals surface area (Å²) in [6.45, 7) is 1.05. The highest BCUT2D eigenvalue weighted by atomic mass is 16.5. The van der Waals surface area contributed by atoms with Crippen molar-refractivity contribution < 1.29 is 4.74 Å². The van der Waals surface area contributed by atoms with Gasteiger partial charge in [-0.3, -0.25) is 0 Å². The van der Waals surface area contributed by atoms with Crippen LogP contribution >= 0.6 is 0 Å². The van der Waals surface area contributed by atoms with E-state index >= 15 is 0 Å². The summed E-state index contributed by atoms with van der Waals surface area (Å²) in [5, 5.41) is 4.38. The van der Waals surface area contributed by atoms with E-state index in [1.807, 2.05) is 19.2 Å². The van der Waals surface area contributed by atoms with Crippen molar-refractivity contribution in [2.75, 3.05) is 20.7 Å². The number of aryl methyl sites for hydroxylation is 1. The van der Waals surface area contributed by atoms with Gasteiger partial charge in [-0.25, -0.2) is 0 Å². The van der Waals surface area contributed by atoms with Crippen molar-refractivity contribution >= 4 is 10.9 Å². The number of fused-ring (bicyclic) bond motifs is 1. The van der Waals surface area contributed by atoms with Crippen molar-refractivity contribution in [2.24, 2.45) is 0 Å². The Kier molecular flexibility index (Phi) is 3.47. The molecule has 16 heavy (non-hydrogen) atoms. The zero-order valence-electron chi connectivity index (χ0n) is 9.84. The van der Waals surface area contributed by atoms with Crippen LogP contribution in [0.3, 0.4) is 0 Å². The summed E-state index contributed by atoms with van der Waals surface area (Å²) in [4.78, 5) is 3.42. The van der Waals surface area contributed by atoms with Crippen LogP contribution in [0.2, 0.25) is 0 Å². The maximum Gasteiger partial charge on any atom is 0.142 e. The average Bonchev–Trinajstić information content (AvgIpc) is 2.71. The van der Waals surface area contributed by atoms with Gasteiger partial charge >= 0.3 is 0 Å². The predicted octanol–water partition coefficient (Wildman–Crippen LogP) is 2.33. The lowest BCUT2D eigenvalue weighted by Gasteiger charge is -2.00. The molecule has 0 spiro atoms. The maximum atomic E-state index is 5.32. The molecule has 86 valence electrons. The number of methoxy groups -OCH3 is 1. The number of hydrogen-bond acceptors (Lipinski definition) is 2. The molecule has 2 aromatic rings. The first kappa shape index (κ1) is 11.0. The molecule has 0 radical (unpaired) electrons. The largest absolute Gasteiger partial charge is 0.495 e. The van der Waals surface area contributed by atoms with Crippen LogP contribution in [-0.2, 0) is 6.42 Å². The first-order valence-electron chi connectivity index (χ1n) is 5.64. The van der Waals surface area contributed by atoms with Gasteiger partial charge in [0.2, 0.25) is 0 Å². The first-order valence-corrected chi connectivity index (χ1v) is 5.64.